The average molecular weight is 350 g/mol. The molecule has 7 heteroatoms. The minimum absolute atomic E-state index is 0.234. The van der Waals surface area contributed by atoms with Crippen molar-refractivity contribution in [2.45, 2.75) is 13.5 Å². The zero-order chi connectivity index (χ0) is 16.9. The molecule has 0 bridgehead atoms. The summed E-state index contributed by atoms with van der Waals surface area (Å²) in [7, 11) is 0. The maximum Gasteiger partial charge on any atom is 0.409 e. The van der Waals surface area contributed by atoms with Crippen molar-refractivity contribution in [1.29, 1.82) is 0 Å². The highest BCUT2D eigenvalue weighted by molar-refractivity contribution is 6.30. The Bertz CT molecular complexity index is 696. The van der Waals surface area contributed by atoms with Crippen LogP contribution in [-0.2, 0) is 11.3 Å². The van der Waals surface area contributed by atoms with E-state index in [-0.39, 0.29) is 6.09 Å². The number of aromatic nitrogens is 1. The van der Waals surface area contributed by atoms with Crippen LogP contribution in [0.5, 0.6) is 0 Å². The average Bonchev–Trinajstić information content (AvgIpc) is 3.04. The first kappa shape index (κ1) is 16.8. The molecule has 24 heavy (non-hydrogen) atoms. The van der Waals surface area contributed by atoms with E-state index in [2.05, 4.69) is 9.88 Å². The Hall–Kier alpha value is -2.05. The number of nitrogens with zero attached hydrogens (tertiary/aromatic N) is 3. The van der Waals surface area contributed by atoms with Crippen LogP contribution in [0.3, 0.4) is 0 Å². The summed E-state index contributed by atoms with van der Waals surface area (Å²) in [6.45, 7) is 5.83. The number of ether oxygens (including phenoxy) is 1. The Morgan fingerprint density at radius 3 is 2.83 bits per heavy atom. The zero-order valence-corrected chi connectivity index (χ0v) is 14.3. The van der Waals surface area contributed by atoms with E-state index in [0.717, 1.165) is 24.3 Å². The maximum absolute atomic E-state index is 11.7. The van der Waals surface area contributed by atoms with Crippen LogP contribution in [0.4, 0.5) is 4.79 Å². The summed E-state index contributed by atoms with van der Waals surface area (Å²) in [5.74, 6) is 0.567. The van der Waals surface area contributed by atoms with Gasteiger partial charge >= 0.3 is 6.09 Å². The van der Waals surface area contributed by atoms with Gasteiger partial charge in [0.2, 0.25) is 5.89 Å². The number of carbonyl (C=O) groups excluding carboxylic acids is 1. The lowest BCUT2D eigenvalue weighted by Crippen LogP contribution is -2.48. The first-order valence-corrected chi connectivity index (χ1v) is 8.38. The molecular weight excluding hydrogens is 330 g/mol. The lowest BCUT2D eigenvalue weighted by Gasteiger charge is -2.33. The van der Waals surface area contributed by atoms with E-state index in [1.54, 1.807) is 11.2 Å². The molecular formula is C17H20ClN3O3. The monoisotopic (exact) mass is 349 g/mol. The first-order valence-electron chi connectivity index (χ1n) is 8.00. The Kier molecular flexibility index (Phi) is 5.37. The normalized spacial score (nSPS) is 15.5. The van der Waals surface area contributed by atoms with Gasteiger partial charge in [0.1, 0.15) is 6.26 Å². The smallest absolute Gasteiger partial charge is 0.409 e. The molecule has 6 nitrogen and oxygen atoms in total. The van der Waals surface area contributed by atoms with Gasteiger partial charge in [0.15, 0.2) is 0 Å². The van der Waals surface area contributed by atoms with Gasteiger partial charge in [-0.1, -0.05) is 17.7 Å². The largest absolute Gasteiger partial charge is 0.450 e. The summed E-state index contributed by atoms with van der Waals surface area (Å²) in [5, 5.41) is 0.655. The standard InChI is InChI=1S/C17H20ClN3O3/c1-2-23-17(22)21-8-6-20(7-9-21)11-15-12-24-16(19-15)13-4-3-5-14(18)10-13/h3-5,10,12H,2,6-9,11H2,1H3. The van der Waals surface area contributed by atoms with E-state index in [1.807, 2.05) is 31.2 Å². The second-order valence-corrected chi connectivity index (χ2v) is 6.05. The third-order valence-corrected chi connectivity index (χ3v) is 4.14. The topological polar surface area (TPSA) is 58.8 Å². The Morgan fingerprint density at radius 1 is 1.33 bits per heavy atom. The molecule has 0 aliphatic carbocycles. The van der Waals surface area contributed by atoms with Crippen LogP contribution >= 0.6 is 11.6 Å². The van der Waals surface area contributed by atoms with Gasteiger partial charge in [-0.3, -0.25) is 4.90 Å². The van der Waals surface area contributed by atoms with E-state index < -0.39 is 0 Å². The molecule has 3 rings (SSSR count). The number of rotatable bonds is 4. The molecule has 1 aliphatic heterocycles. The molecule has 1 saturated heterocycles. The number of hydrogen-bond donors (Lipinski definition) is 0. The summed E-state index contributed by atoms with van der Waals surface area (Å²) >= 11 is 6.00. The second-order valence-electron chi connectivity index (χ2n) is 5.62. The number of halogens is 1. The van der Waals surface area contributed by atoms with Crippen LogP contribution < -0.4 is 0 Å². The molecule has 0 spiro atoms. The lowest BCUT2D eigenvalue weighted by molar-refractivity contribution is 0.0775. The third-order valence-electron chi connectivity index (χ3n) is 3.91. The summed E-state index contributed by atoms with van der Waals surface area (Å²) in [4.78, 5) is 20.2. The lowest BCUT2D eigenvalue weighted by atomic mass is 10.2. The highest BCUT2D eigenvalue weighted by Crippen LogP contribution is 2.22. The van der Waals surface area contributed by atoms with Crippen molar-refractivity contribution in [3.8, 4) is 11.5 Å². The first-order chi connectivity index (χ1) is 11.7. The number of oxazole rings is 1. The van der Waals surface area contributed by atoms with Crippen LogP contribution in [0, 0.1) is 0 Å². The maximum atomic E-state index is 11.7. The molecule has 2 heterocycles. The summed E-state index contributed by atoms with van der Waals surface area (Å²) in [6, 6.07) is 7.43. The minimum Gasteiger partial charge on any atom is -0.450 e. The minimum atomic E-state index is -0.234. The van der Waals surface area contributed by atoms with Gasteiger partial charge in [-0.05, 0) is 25.1 Å². The summed E-state index contributed by atoms with van der Waals surface area (Å²) in [5.41, 5.74) is 1.73. The highest BCUT2D eigenvalue weighted by Gasteiger charge is 2.22. The molecule has 2 aromatic rings. The van der Waals surface area contributed by atoms with Gasteiger partial charge in [0, 0.05) is 43.3 Å². The fourth-order valence-electron chi connectivity index (χ4n) is 2.67. The fraction of sp³-hybridized carbons (Fsp3) is 0.412. The molecule has 1 aromatic carbocycles. The molecule has 1 amide bonds. The van der Waals surface area contributed by atoms with Gasteiger partial charge in [-0.15, -0.1) is 0 Å². The van der Waals surface area contributed by atoms with Gasteiger partial charge < -0.3 is 14.1 Å². The molecule has 0 radical (unpaired) electrons. The summed E-state index contributed by atoms with van der Waals surface area (Å²) < 4.78 is 10.6. The molecule has 1 fully saturated rings. The number of amides is 1. The van der Waals surface area contributed by atoms with E-state index in [9.17, 15) is 4.79 Å². The van der Waals surface area contributed by atoms with E-state index >= 15 is 0 Å². The van der Waals surface area contributed by atoms with Crippen molar-refractivity contribution in [2.24, 2.45) is 0 Å². The van der Waals surface area contributed by atoms with E-state index in [4.69, 9.17) is 20.8 Å². The Morgan fingerprint density at radius 2 is 2.12 bits per heavy atom. The molecule has 0 saturated carbocycles. The zero-order valence-electron chi connectivity index (χ0n) is 13.6. The SMILES string of the molecule is CCOC(=O)N1CCN(Cc2coc(-c3cccc(Cl)c3)n2)CC1. The predicted octanol–water partition coefficient (Wildman–Crippen LogP) is 3.27. The molecule has 0 atom stereocenters. The number of carbonyl (C=O) groups is 1. The fourth-order valence-corrected chi connectivity index (χ4v) is 2.86. The van der Waals surface area contributed by atoms with Crippen LogP contribution in [0.1, 0.15) is 12.6 Å². The van der Waals surface area contributed by atoms with Crippen molar-refractivity contribution in [1.82, 2.24) is 14.8 Å². The van der Waals surface area contributed by atoms with Crippen molar-refractivity contribution in [3.05, 3.63) is 41.2 Å². The number of hydrogen-bond acceptors (Lipinski definition) is 5. The number of benzene rings is 1. The van der Waals surface area contributed by atoms with E-state index in [1.165, 1.54) is 0 Å². The van der Waals surface area contributed by atoms with Gasteiger partial charge in [-0.25, -0.2) is 9.78 Å². The third kappa shape index (κ3) is 4.07. The van der Waals surface area contributed by atoms with Crippen LogP contribution in [-0.4, -0.2) is 53.7 Å². The van der Waals surface area contributed by atoms with Gasteiger partial charge in [-0.2, -0.15) is 0 Å². The quantitative estimate of drug-likeness (QED) is 0.847. The highest BCUT2D eigenvalue weighted by atomic mass is 35.5. The summed E-state index contributed by atoms with van der Waals surface area (Å²) in [6.07, 6.45) is 1.44. The van der Waals surface area contributed by atoms with Gasteiger partial charge in [0.05, 0.1) is 12.3 Å². The molecule has 1 aromatic heterocycles. The van der Waals surface area contributed by atoms with Crippen molar-refractivity contribution >= 4 is 17.7 Å². The molecule has 0 N–H and O–H groups in total. The van der Waals surface area contributed by atoms with E-state index in [0.29, 0.717) is 37.2 Å². The van der Waals surface area contributed by atoms with Crippen LogP contribution in [0.2, 0.25) is 5.02 Å². The van der Waals surface area contributed by atoms with Crippen LogP contribution in [0.25, 0.3) is 11.5 Å². The molecule has 0 unspecified atom stereocenters. The van der Waals surface area contributed by atoms with Crippen LogP contribution in [0.15, 0.2) is 34.9 Å². The van der Waals surface area contributed by atoms with Gasteiger partial charge in [0.25, 0.3) is 0 Å². The number of piperazine rings is 1. The molecule has 128 valence electrons. The Balaban J connectivity index is 1.56. The Labute approximate surface area is 146 Å². The second kappa shape index (κ2) is 7.68. The predicted molar refractivity (Wildman–Crippen MR) is 90.8 cm³/mol. The molecule has 1 aliphatic rings. The van der Waals surface area contributed by atoms with Crippen molar-refractivity contribution in [3.63, 3.8) is 0 Å². The van der Waals surface area contributed by atoms with Crippen molar-refractivity contribution in [2.75, 3.05) is 32.8 Å². The van der Waals surface area contributed by atoms with Crippen molar-refractivity contribution < 1.29 is 13.9 Å².